The van der Waals surface area contributed by atoms with Crippen molar-refractivity contribution in [1.82, 2.24) is 14.5 Å². The fourth-order valence-corrected chi connectivity index (χ4v) is 7.22. The number of hydrogen-bond donors (Lipinski definition) is 0. The Morgan fingerprint density at radius 2 is 1.47 bits per heavy atom. The molecule has 5 heterocycles. The van der Waals surface area contributed by atoms with Crippen molar-refractivity contribution in [3.05, 3.63) is 120 Å². The molecule has 5 nitrogen and oxygen atoms in total. The summed E-state index contributed by atoms with van der Waals surface area (Å²) in [5.41, 5.74) is 11.0. The molecule has 6 heteroatoms. The van der Waals surface area contributed by atoms with Gasteiger partial charge in [-0.3, -0.25) is 9.55 Å². The SMILES string of the molecule is Cc1cc(C)c2c3c1Oc1ccc(-c4ccc(C(C)C)cn4)cc1B3c1cc3c(cc1O2)c1ccccc1n3-c1ccccn1. The molecule has 2 aliphatic rings. The fourth-order valence-electron chi connectivity index (χ4n) is 7.22. The number of aromatic nitrogens is 3. The van der Waals surface area contributed by atoms with Crippen LogP contribution in [0.1, 0.15) is 36.5 Å². The van der Waals surface area contributed by atoms with Crippen molar-refractivity contribution in [2.45, 2.75) is 33.6 Å². The van der Waals surface area contributed by atoms with Crippen molar-refractivity contribution in [3.8, 4) is 40.1 Å². The van der Waals surface area contributed by atoms with Crippen LogP contribution < -0.4 is 25.9 Å². The monoisotopic (exact) mass is 583 g/mol. The summed E-state index contributed by atoms with van der Waals surface area (Å²) < 4.78 is 15.8. The quantitative estimate of drug-likeness (QED) is 0.200. The predicted octanol–water partition coefficient (Wildman–Crippen LogP) is 7.71. The van der Waals surface area contributed by atoms with E-state index in [-0.39, 0.29) is 6.71 Å². The first-order valence-electron chi connectivity index (χ1n) is 15.5. The molecule has 0 unspecified atom stereocenters. The summed E-state index contributed by atoms with van der Waals surface area (Å²) in [6, 6.07) is 32.1. The van der Waals surface area contributed by atoms with Crippen LogP contribution >= 0.6 is 0 Å². The first-order chi connectivity index (χ1) is 22.0. The van der Waals surface area contributed by atoms with Gasteiger partial charge in [0.1, 0.15) is 28.8 Å². The molecule has 0 radical (unpaired) electrons. The summed E-state index contributed by atoms with van der Waals surface area (Å²) in [6.45, 7) is 8.56. The maximum atomic E-state index is 6.83. The van der Waals surface area contributed by atoms with Crippen LogP contribution in [0.2, 0.25) is 0 Å². The Bertz CT molecular complexity index is 2320. The zero-order valence-corrected chi connectivity index (χ0v) is 25.6. The molecule has 3 aromatic heterocycles. The number of para-hydroxylation sites is 1. The molecule has 0 amide bonds. The Balaban J connectivity index is 1.32. The lowest BCUT2D eigenvalue weighted by molar-refractivity contribution is 0.460. The van der Waals surface area contributed by atoms with Gasteiger partial charge in [0, 0.05) is 28.6 Å². The molecule has 0 atom stereocenters. The van der Waals surface area contributed by atoms with E-state index in [1.54, 1.807) is 0 Å². The normalized spacial score (nSPS) is 13.0. The van der Waals surface area contributed by atoms with Gasteiger partial charge in [-0.15, -0.1) is 0 Å². The van der Waals surface area contributed by atoms with Gasteiger partial charge < -0.3 is 9.47 Å². The molecule has 2 aliphatic heterocycles. The van der Waals surface area contributed by atoms with E-state index in [4.69, 9.17) is 19.4 Å². The lowest BCUT2D eigenvalue weighted by Gasteiger charge is -2.35. The zero-order valence-electron chi connectivity index (χ0n) is 25.6. The van der Waals surface area contributed by atoms with Crippen LogP contribution in [0.5, 0.6) is 23.0 Å². The predicted molar refractivity (Wildman–Crippen MR) is 183 cm³/mol. The van der Waals surface area contributed by atoms with E-state index in [0.29, 0.717) is 5.92 Å². The minimum absolute atomic E-state index is 0.0735. The fraction of sp³-hybridized carbons (Fsp3) is 0.128. The van der Waals surface area contributed by atoms with Crippen LogP contribution in [0.3, 0.4) is 0 Å². The lowest BCUT2D eigenvalue weighted by atomic mass is 9.34. The number of nitrogens with zero attached hydrogens (tertiary/aromatic N) is 3. The number of hydrogen-bond acceptors (Lipinski definition) is 4. The minimum Gasteiger partial charge on any atom is -0.458 e. The molecular formula is C39H30BN3O2. The maximum Gasteiger partial charge on any atom is 0.260 e. The minimum atomic E-state index is -0.0735. The standard InChI is InChI=1S/C39H30BN3O2/c1-22(2)26-12-14-31(42-21-26)25-13-15-34-29(18-25)40-30-20-33-28(19-35(30)45-39-24(4)17-23(3)38(44-34)37(39)40)27-9-5-6-10-32(27)43(33)36-11-7-8-16-41-36/h5-22H,1-4H3. The van der Waals surface area contributed by atoms with E-state index in [1.165, 1.54) is 10.9 Å². The molecule has 9 rings (SSSR count). The van der Waals surface area contributed by atoms with Crippen molar-refractivity contribution in [1.29, 1.82) is 0 Å². The number of aryl methyl sites for hydroxylation is 2. The van der Waals surface area contributed by atoms with Crippen molar-refractivity contribution in [3.63, 3.8) is 0 Å². The van der Waals surface area contributed by atoms with Crippen LogP contribution in [-0.4, -0.2) is 21.2 Å². The van der Waals surface area contributed by atoms with Crippen molar-refractivity contribution in [2.75, 3.05) is 0 Å². The first kappa shape index (κ1) is 26.1. The lowest BCUT2D eigenvalue weighted by Crippen LogP contribution is -2.57. The largest absolute Gasteiger partial charge is 0.458 e. The van der Waals surface area contributed by atoms with E-state index >= 15 is 0 Å². The highest BCUT2D eigenvalue weighted by atomic mass is 16.5. The first-order valence-corrected chi connectivity index (χ1v) is 15.5. The van der Waals surface area contributed by atoms with E-state index in [1.807, 2.05) is 24.5 Å². The van der Waals surface area contributed by atoms with Crippen LogP contribution in [-0.2, 0) is 0 Å². The number of rotatable bonds is 3. The van der Waals surface area contributed by atoms with E-state index in [0.717, 1.165) is 84.0 Å². The summed E-state index contributed by atoms with van der Waals surface area (Å²) in [6.07, 6.45) is 3.84. The van der Waals surface area contributed by atoms with Gasteiger partial charge in [-0.1, -0.05) is 50.2 Å². The summed E-state index contributed by atoms with van der Waals surface area (Å²) in [5.74, 6) is 4.83. The molecule has 216 valence electrons. The molecular weight excluding hydrogens is 553 g/mol. The van der Waals surface area contributed by atoms with E-state index in [9.17, 15) is 0 Å². The second-order valence-electron chi connectivity index (χ2n) is 12.6. The molecule has 0 saturated heterocycles. The zero-order chi connectivity index (χ0) is 30.4. The second-order valence-corrected chi connectivity index (χ2v) is 12.6. The van der Waals surface area contributed by atoms with Crippen molar-refractivity contribution < 1.29 is 9.47 Å². The molecule has 0 bridgehead atoms. The Labute approximate surface area is 262 Å². The Hall–Kier alpha value is -5.36. The average molecular weight is 584 g/mol. The summed E-state index contributed by atoms with van der Waals surface area (Å²) in [5, 5.41) is 2.31. The Morgan fingerprint density at radius 1 is 0.689 bits per heavy atom. The number of ether oxygens (including phenoxy) is 2. The van der Waals surface area contributed by atoms with Crippen molar-refractivity contribution in [2.24, 2.45) is 0 Å². The van der Waals surface area contributed by atoms with Crippen molar-refractivity contribution >= 4 is 44.9 Å². The van der Waals surface area contributed by atoms with E-state index in [2.05, 4.69) is 111 Å². The van der Waals surface area contributed by atoms with Crippen LogP contribution in [0.4, 0.5) is 0 Å². The second kappa shape index (κ2) is 9.57. The van der Waals surface area contributed by atoms with Gasteiger partial charge in [-0.2, -0.15) is 0 Å². The average Bonchev–Trinajstić information content (AvgIpc) is 3.39. The van der Waals surface area contributed by atoms with Crippen LogP contribution in [0, 0.1) is 13.8 Å². The molecule has 0 spiro atoms. The molecule has 0 fully saturated rings. The van der Waals surface area contributed by atoms with Gasteiger partial charge in [0.05, 0.1) is 16.7 Å². The number of fused-ring (bicyclic) bond motifs is 7. The highest BCUT2D eigenvalue weighted by Crippen LogP contribution is 2.41. The number of benzene rings is 4. The summed E-state index contributed by atoms with van der Waals surface area (Å²) in [7, 11) is 0. The molecule has 0 aliphatic carbocycles. The van der Waals surface area contributed by atoms with Gasteiger partial charge in [-0.05, 0) is 108 Å². The van der Waals surface area contributed by atoms with Gasteiger partial charge in [0.2, 0.25) is 0 Å². The van der Waals surface area contributed by atoms with Crippen LogP contribution in [0.25, 0.3) is 38.9 Å². The molecule has 0 N–H and O–H groups in total. The Morgan fingerprint density at radius 3 is 2.22 bits per heavy atom. The third-order valence-electron chi connectivity index (χ3n) is 9.41. The van der Waals surface area contributed by atoms with Gasteiger partial charge in [0.25, 0.3) is 6.71 Å². The van der Waals surface area contributed by atoms with Crippen LogP contribution in [0.15, 0.2) is 103 Å². The summed E-state index contributed by atoms with van der Waals surface area (Å²) >= 11 is 0. The smallest absolute Gasteiger partial charge is 0.260 e. The third-order valence-corrected chi connectivity index (χ3v) is 9.41. The maximum absolute atomic E-state index is 6.83. The highest BCUT2D eigenvalue weighted by molar-refractivity contribution is 6.98. The third kappa shape index (κ3) is 3.81. The summed E-state index contributed by atoms with van der Waals surface area (Å²) in [4.78, 5) is 9.61. The highest BCUT2D eigenvalue weighted by Gasteiger charge is 2.42. The Kier molecular flexibility index (Phi) is 5.55. The molecule has 45 heavy (non-hydrogen) atoms. The molecule has 4 aromatic carbocycles. The molecule has 0 saturated carbocycles. The molecule has 7 aromatic rings. The number of pyridine rings is 2. The van der Waals surface area contributed by atoms with Gasteiger partial charge in [-0.25, -0.2) is 4.98 Å². The van der Waals surface area contributed by atoms with Gasteiger partial charge >= 0.3 is 0 Å². The van der Waals surface area contributed by atoms with Gasteiger partial charge in [0.15, 0.2) is 0 Å². The van der Waals surface area contributed by atoms with E-state index < -0.39 is 0 Å². The topological polar surface area (TPSA) is 49.2 Å².